The lowest BCUT2D eigenvalue weighted by Gasteiger charge is -2.13. The van der Waals surface area contributed by atoms with Crippen molar-refractivity contribution < 1.29 is 9.13 Å². The smallest absolute Gasteiger partial charge is 0.165 e. The molecular weight excluding hydrogens is 275 g/mol. The Balaban J connectivity index is 2.01. The molecule has 0 aliphatic heterocycles. The number of aromatic nitrogens is 1. The molecule has 0 aliphatic rings. The van der Waals surface area contributed by atoms with Crippen molar-refractivity contribution in [2.24, 2.45) is 5.92 Å². The first-order chi connectivity index (χ1) is 9.66. The highest BCUT2D eigenvalue weighted by molar-refractivity contribution is 7.09. The summed E-state index contributed by atoms with van der Waals surface area (Å²) in [5, 5.41) is 3.31. The SMILES string of the molecule is CC(C)CNCc1cccc(F)c1OCc1cncs1. The average Bonchev–Trinajstić information content (AvgIpc) is 2.90. The number of nitrogens with one attached hydrogen (secondary N) is 1. The van der Waals surface area contributed by atoms with E-state index in [9.17, 15) is 4.39 Å². The Morgan fingerprint density at radius 1 is 1.40 bits per heavy atom. The molecule has 0 aliphatic carbocycles. The minimum Gasteiger partial charge on any atom is -0.485 e. The summed E-state index contributed by atoms with van der Waals surface area (Å²) in [6.45, 7) is 6.13. The maximum atomic E-state index is 13.9. The van der Waals surface area contributed by atoms with Crippen molar-refractivity contribution in [1.82, 2.24) is 10.3 Å². The van der Waals surface area contributed by atoms with Gasteiger partial charge in [0.15, 0.2) is 11.6 Å². The summed E-state index contributed by atoms with van der Waals surface area (Å²) >= 11 is 1.50. The van der Waals surface area contributed by atoms with Crippen molar-refractivity contribution >= 4 is 11.3 Å². The second-order valence-electron chi connectivity index (χ2n) is 5.01. The predicted molar refractivity (Wildman–Crippen MR) is 79.4 cm³/mol. The zero-order valence-corrected chi connectivity index (χ0v) is 12.5. The number of nitrogens with zero attached hydrogens (tertiary/aromatic N) is 1. The van der Waals surface area contributed by atoms with Gasteiger partial charge in [-0.1, -0.05) is 26.0 Å². The highest BCUT2D eigenvalue weighted by Crippen LogP contribution is 2.24. The Hall–Kier alpha value is -1.46. The number of halogens is 1. The molecular formula is C15H19FN2OS. The summed E-state index contributed by atoms with van der Waals surface area (Å²) in [7, 11) is 0. The quantitative estimate of drug-likeness (QED) is 0.847. The lowest BCUT2D eigenvalue weighted by Crippen LogP contribution is -2.19. The van der Waals surface area contributed by atoms with E-state index in [0.717, 1.165) is 17.0 Å². The van der Waals surface area contributed by atoms with Gasteiger partial charge in [-0.15, -0.1) is 11.3 Å². The Morgan fingerprint density at radius 2 is 2.25 bits per heavy atom. The van der Waals surface area contributed by atoms with Crippen molar-refractivity contribution in [3.05, 3.63) is 46.2 Å². The molecule has 2 aromatic rings. The first-order valence-corrected chi connectivity index (χ1v) is 7.53. The maximum Gasteiger partial charge on any atom is 0.165 e. The van der Waals surface area contributed by atoms with Crippen LogP contribution in [0, 0.1) is 11.7 Å². The van der Waals surface area contributed by atoms with E-state index < -0.39 is 0 Å². The number of rotatable bonds is 7. The van der Waals surface area contributed by atoms with E-state index >= 15 is 0 Å². The van der Waals surface area contributed by atoms with Gasteiger partial charge in [-0.25, -0.2) is 4.39 Å². The topological polar surface area (TPSA) is 34.1 Å². The van der Waals surface area contributed by atoms with Crippen molar-refractivity contribution in [3.63, 3.8) is 0 Å². The molecule has 1 N–H and O–H groups in total. The molecule has 1 aromatic carbocycles. The Kier molecular flexibility index (Phi) is 5.49. The minimum atomic E-state index is -0.321. The van der Waals surface area contributed by atoms with E-state index in [1.165, 1.54) is 17.4 Å². The third kappa shape index (κ3) is 4.28. The van der Waals surface area contributed by atoms with Crippen molar-refractivity contribution in [2.45, 2.75) is 27.0 Å². The molecule has 2 rings (SSSR count). The Labute approximate surface area is 122 Å². The van der Waals surface area contributed by atoms with Gasteiger partial charge >= 0.3 is 0 Å². The van der Waals surface area contributed by atoms with Gasteiger partial charge in [0, 0.05) is 18.3 Å². The zero-order chi connectivity index (χ0) is 14.4. The Morgan fingerprint density at radius 3 is 2.95 bits per heavy atom. The van der Waals surface area contributed by atoms with Crippen LogP contribution >= 0.6 is 11.3 Å². The van der Waals surface area contributed by atoms with E-state index in [4.69, 9.17) is 4.74 Å². The standard InChI is InChI=1S/C15H19FN2OS/c1-11(2)6-17-7-12-4-3-5-14(16)15(12)19-9-13-8-18-10-20-13/h3-5,8,10-11,17H,6-7,9H2,1-2H3. The summed E-state index contributed by atoms with van der Waals surface area (Å²) in [5.41, 5.74) is 2.58. The number of hydrogen-bond acceptors (Lipinski definition) is 4. The first kappa shape index (κ1) is 14.9. The van der Waals surface area contributed by atoms with Crippen LogP contribution in [-0.2, 0) is 13.2 Å². The van der Waals surface area contributed by atoms with E-state index in [0.29, 0.717) is 24.8 Å². The molecule has 0 bridgehead atoms. The van der Waals surface area contributed by atoms with Gasteiger partial charge in [-0.3, -0.25) is 4.98 Å². The molecule has 0 spiro atoms. The predicted octanol–water partition coefficient (Wildman–Crippen LogP) is 3.61. The molecule has 0 saturated carbocycles. The van der Waals surface area contributed by atoms with Gasteiger partial charge in [0.2, 0.25) is 0 Å². The molecule has 3 nitrogen and oxygen atoms in total. The molecule has 1 heterocycles. The lowest BCUT2D eigenvalue weighted by atomic mass is 10.1. The lowest BCUT2D eigenvalue weighted by molar-refractivity contribution is 0.289. The van der Waals surface area contributed by atoms with Crippen LogP contribution in [0.25, 0.3) is 0 Å². The molecule has 0 atom stereocenters. The Bertz CT molecular complexity index is 529. The normalized spacial score (nSPS) is 11.0. The molecule has 5 heteroatoms. The second kappa shape index (κ2) is 7.36. The first-order valence-electron chi connectivity index (χ1n) is 6.65. The van der Waals surface area contributed by atoms with E-state index in [2.05, 4.69) is 24.1 Å². The van der Waals surface area contributed by atoms with Gasteiger partial charge in [-0.2, -0.15) is 0 Å². The average molecular weight is 294 g/mol. The van der Waals surface area contributed by atoms with Crippen LogP contribution in [0.4, 0.5) is 4.39 Å². The van der Waals surface area contributed by atoms with Gasteiger partial charge in [0.05, 0.1) is 10.4 Å². The van der Waals surface area contributed by atoms with Crippen molar-refractivity contribution in [2.75, 3.05) is 6.54 Å². The monoisotopic (exact) mass is 294 g/mol. The van der Waals surface area contributed by atoms with Crippen molar-refractivity contribution in [3.8, 4) is 5.75 Å². The van der Waals surface area contributed by atoms with Crippen molar-refractivity contribution in [1.29, 1.82) is 0 Å². The molecule has 20 heavy (non-hydrogen) atoms. The van der Waals surface area contributed by atoms with Gasteiger partial charge in [0.25, 0.3) is 0 Å². The fourth-order valence-corrected chi connectivity index (χ4v) is 2.31. The molecule has 108 valence electrons. The van der Waals surface area contributed by atoms with E-state index in [1.807, 2.05) is 6.07 Å². The largest absolute Gasteiger partial charge is 0.485 e. The number of benzene rings is 1. The van der Waals surface area contributed by atoms with Gasteiger partial charge in [0.1, 0.15) is 6.61 Å². The molecule has 1 aromatic heterocycles. The molecule has 0 fully saturated rings. The molecule has 0 amide bonds. The summed E-state index contributed by atoms with van der Waals surface area (Å²) < 4.78 is 19.5. The van der Waals surface area contributed by atoms with Crippen LogP contribution in [0.3, 0.4) is 0 Å². The van der Waals surface area contributed by atoms with E-state index in [-0.39, 0.29) is 5.82 Å². The number of para-hydroxylation sites is 1. The fraction of sp³-hybridized carbons (Fsp3) is 0.400. The van der Waals surface area contributed by atoms with Crippen LogP contribution in [0.2, 0.25) is 0 Å². The highest BCUT2D eigenvalue weighted by Gasteiger charge is 2.10. The summed E-state index contributed by atoms with van der Waals surface area (Å²) in [4.78, 5) is 4.96. The number of ether oxygens (including phenoxy) is 1. The molecule has 0 saturated heterocycles. The summed E-state index contributed by atoms with van der Waals surface area (Å²) in [6.07, 6.45) is 1.74. The van der Waals surface area contributed by atoms with Crippen LogP contribution < -0.4 is 10.1 Å². The van der Waals surface area contributed by atoms with E-state index in [1.54, 1.807) is 17.8 Å². The summed E-state index contributed by atoms with van der Waals surface area (Å²) in [6, 6.07) is 5.02. The van der Waals surface area contributed by atoms with Gasteiger partial charge < -0.3 is 10.1 Å². The second-order valence-corrected chi connectivity index (χ2v) is 5.98. The molecule has 0 unspecified atom stereocenters. The van der Waals surface area contributed by atoms with Crippen LogP contribution in [0.15, 0.2) is 29.9 Å². The van der Waals surface area contributed by atoms with Crippen LogP contribution in [0.1, 0.15) is 24.3 Å². The van der Waals surface area contributed by atoms with Crippen LogP contribution in [-0.4, -0.2) is 11.5 Å². The third-order valence-corrected chi connectivity index (χ3v) is 3.51. The third-order valence-electron chi connectivity index (χ3n) is 2.76. The number of hydrogen-bond donors (Lipinski definition) is 1. The van der Waals surface area contributed by atoms with Crippen LogP contribution in [0.5, 0.6) is 5.75 Å². The van der Waals surface area contributed by atoms with Gasteiger partial charge in [-0.05, 0) is 18.5 Å². The zero-order valence-electron chi connectivity index (χ0n) is 11.7. The number of thiazole rings is 1. The fourth-order valence-electron chi connectivity index (χ4n) is 1.81. The highest BCUT2D eigenvalue weighted by atomic mass is 32.1. The molecule has 0 radical (unpaired) electrons. The maximum absolute atomic E-state index is 13.9. The summed E-state index contributed by atoms with van der Waals surface area (Å²) in [5.74, 6) is 0.570. The minimum absolute atomic E-state index is 0.321.